The van der Waals surface area contributed by atoms with Crippen LogP contribution in [-0.2, 0) is 18.8 Å². The Morgan fingerprint density at radius 1 is 1.12 bits per heavy atom. The minimum absolute atomic E-state index is 0.0507. The molecule has 5 nitrogen and oxygen atoms in total. The van der Waals surface area contributed by atoms with E-state index < -0.39 is 0 Å². The molecule has 0 unspecified atom stereocenters. The van der Waals surface area contributed by atoms with Gasteiger partial charge in [0.2, 0.25) is 0 Å². The van der Waals surface area contributed by atoms with Gasteiger partial charge in [0.1, 0.15) is 0 Å². The first-order valence-electron chi connectivity index (χ1n) is 8.21. The maximum absolute atomic E-state index is 13.3. The molecular weight excluding hydrogens is 302 g/mol. The van der Waals surface area contributed by atoms with Crippen LogP contribution in [-0.4, -0.2) is 39.7 Å². The number of carbonyl (C=O) groups excluding carboxylic acids is 1. The Morgan fingerprint density at radius 2 is 1.96 bits per heavy atom. The van der Waals surface area contributed by atoms with Crippen molar-refractivity contribution in [2.75, 3.05) is 19.8 Å². The molecule has 5 heteroatoms. The average Bonchev–Trinajstić information content (AvgIpc) is 3.18. The third-order valence-electron chi connectivity index (χ3n) is 4.84. The molecule has 1 atom stereocenters. The first kappa shape index (κ1) is 15.0. The van der Waals surface area contributed by atoms with E-state index in [1.165, 1.54) is 0 Å². The second-order valence-electron chi connectivity index (χ2n) is 6.30. The summed E-state index contributed by atoms with van der Waals surface area (Å²) in [6.45, 7) is 1.73. The molecule has 0 spiro atoms. The zero-order valence-electron chi connectivity index (χ0n) is 14.0. The Bertz CT molecular complexity index is 893. The number of carbonyl (C=O) groups is 1. The molecule has 1 fully saturated rings. The normalized spacial score (nSPS) is 18.2. The number of benzene rings is 1. The third-order valence-corrected chi connectivity index (χ3v) is 4.84. The second-order valence-corrected chi connectivity index (χ2v) is 6.30. The molecule has 1 aliphatic heterocycles. The largest absolute Gasteiger partial charge is 0.377 e. The highest BCUT2D eigenvalue weighted by atomic mass is 16.5. The van der Waals surface area contributed by atoms with Crippen LogP contribution >= 0.6 is 0 Å². The number of aromatic nitrogens is 2. The SMILES string of the molecule is Cn1cccc1[C@H]1COCCN1C(=O)c1cn(C)c2ccccc12. The molecule has 3 aromatic rings. The highest BCUT2D eigenvalue weighted by Gasteiger charge is 2.31. The van der Waals surface area contributed by atoms with E-state index in [1.807, 2.05) is 66.3 Å². The Morgan fingerprint density at radius 3 is 2.75 bits per heavy atom. The lowest BCUT2D eigenvalue weighted by molar-refractivity contribution is -0.00453. The summed E-state index contributed by atoms with van der Waals surface area (Å²) in [5.74, 6) is 0.0706. The van der Waals surface area contributed by atoms with Crippen molar-refractivity contribution in [3.8, 4) is 0 Å². The van der Waals surface area contributed by atoms with Gasteiger partial charge in [-0.05, 0) is 18.2 Å². The zero-order chi connectivity index (χ0) is 16.7. The van der Waals surface area contributed by atoms with Gasteiger partial charge in [-0.25, -0.2) is 0 Å². The minimum atomic E-state index is -0.0507. The first-order chi connectivity index (χ1) is 11.7. The van der Waals surface area contributed by atoms with Crippen molar-refractivity contribution in [3.63, 3.8) is 0 Å². The molecule has 4 rings (SSSR count). The molecule has 124 valence electrons. The van der Waals surface area contributed by atoms with Gasteiger partial charge in [0, 0.05) is 49.6 Å². The lowest BCUT2D eigenvalue weighted by Gasteiger charge is -2.36. The molecule has 0 N–H and O–H groups in total. The van der Waals surface area contributed by atoms with E-state index in [9.17, 15) is 4.79 Å². The van der Waals surface area contributed by atoms with Crippen LogP contribution in [0.1, 0.15) is 22.1 Å². The van der Waals surface area contributed by atoms with Crippen molar-refractivity contribution < 1.29 is 9.53 Å². The van der Waals surface area contributed by atoms with E-state index in [0.717, 1.165) is 22.2 Å². The molecule has 3 heterocycles. The summed E-state index contributed by atoms with van der Waals surface area (Å²) >= 11 is 0. The van der Waals surface area contributed by atoms with Crippen molar-refractivity contribution in [1.82, 2.24) is 14.0 Å². The van der Waals surface area contributed by atoms with Crippen LogP contribution in [0.15, 0.2) is 48.8 Å². The van der Waals surface area contributed by atoms with Crippen LogP contribution in [0, 0.1) is 0 Å². The number of amides is 1. The predicted octanol–water partition coefficient (Wildman–Crippen LogP) is 2.73. The van der Waals surface area contributed by atoms with Crippen LogP contribution in [0.2, 0.25) is 0 Å². The molecule has 1 saturated heterocycles. The maximum atomic E-state index is 13.3. The van der Waals surface area contributed by atoms with Gasteiger partial charge in [0.15, 0.2) is 0 Å². The third kappa shape index (κ3) is 2.32. The van der Waals surface area contributed by atoms with E-state index in [-0.39, 0.29) is 11.9 Å². The fourth-order valence-electron chi connectivity index (χ4n) is 3.58. The molecule has 0 bridgehead atoms. The number of para-hydroxylation sites is 1. The van der Waals surface area contributed by atoms with Crippen molar-refractivity contribution >= 4 is 16.8 Å². The van der Waals surface area contributed by atoms with Crippen molar-refractivity contribution in [1.29, 1.82) is 0 Å². The summed E-state index contributed by atoms with van der Waals surface area (Å²) in [6, 6.07) is 12.0. The van der Waals surface area contributed by atoms with E-state index in [1.54, 1.807) is 0 Å². The summed E-state index contributed by atoms with van der Waals surface area (Å²) in [4.78, 5) is 15.2. The predicted molar refractivity (Wildman–Crippen MR) is 92.9 cm³/mol. The summed E-state index contributed by atoms with van der Waals surface area (Å²) in [5.41, 5.74) is 2.93. The summed E-state index contributed by atoms with van der Waals surface area (Å²) in [5, 5.41) is 1.00. The van der Waals surface area contributed by atoms with E-state index in [2.05, 4.69) is 10.6 Å². The molecule has 1 aromatic carbocycles. The smallest absolute Gasteiger partial charge is 0.256 e. The minimum Gasteiger partial charge on any atom is -0.377 e. The van der Waals surface area contributed by atoms with Crippen LogP contribution in [0.25, 0.3) is 10.9 Å². The van der Waals surface area contributed by atoms with Gasteiger partial charge >= 0.3 is 0 Å². The average molecular weight is 323 g/mol. The molecule has 0 aliphatic carbocycles. The Labute approximate surface area is 141 Å². The van der Waals surface area contributed by atoms with Gasteiger partial charge in [-0.3, -0.25) is 4.79 Å². The Hall–Kier alpha value is -2.53. The molecule has 2 aromatic heterocycles. The van der Waals surface area contributed by atoms with Gasteiger partial charge < -0.3 is 18.8 Å². The monoisotopic (exact) mass is 323 g/mol. The van der Waals surface area contributed by atoms with E-state index >= 15 is 0 Å². The van der Waals surface area contributed by atoms with Gasteiger partial charge in [-0.2, -0.15) is 0 Å². The molecule has 24 heavy (non-hydrogen) atoms. The van der Waals surface area contributed by atoms with Crippen LogP contribution in [0.4, 0.5) is 0 Å². The standard InChI is InChI=1S/C19H21N3O2/c1-20-9-5-8-17(20)18-13-24-11-10-22(18)19(23)15-12-21(2)16-7-4-3-6-14(15)16/h3-9,12,18H,10-11,13H2,1-2H3/t18-/m1/s1. The number of aryl methyl sites for hydroxylation is 2. The summed E-state index contributed by atoms with van der Waals surface area (Å²) < 4.78 is 9.73. The molecule has 1 aliphatic rings. The summed E-state index contributed by atoms with van der Waals surface area (Å²) in [6.07, 6.45) is 3.94. The van der Waals surface area contributed by atoms with Gasteiger partial charge in [0.25, 0.3) is 5.91 Å². The molecular formula is C19H21N3O2. The quantitative estimate of drug-likeness (QED) is 0.727. The van der Waals surface area contributed by atoms with Crippen LogP contribution in [0.5, 0.6) is 0 Å². The fraction of sp³-hybridized carbons (Fsp3) is 0.316. The van der Waals surface area contributed by atoms with Crippen LogP contribution in [0.3, 0.4) is 0 Å². The van der Waals surface area contributed by atoms with Crippen molar-refractivity contribution in [2.45, 2.75) is 6.04 Å². The lowest BCUT2D eigenvalue weighted by atomic mass is 10.1. The van der Waals surface area contributed by atoms with Crippen molar-refractivity contribution in [3.05, 3.63) is 60.0 Å². The van der Waals surface area contributed by atoms with Crippen LogP contribution < -0.4 is 0 Å². The number of ether oxygens (including phenoxy) is 1. The maximum Gasteiger partial charge on any atom is 0.256 e. The molecule has 1 amide bonds. The van der Waals surface area contributed by atoms with Gasteiger partial charge in [0.05, 0.1) is 24.8 Å². The van der Waals surface area contributed by atoms with Gasteiger partial charge in [-0.15, -0.1) is 0 Å². The summed E-state index contributed by atoms with van der Waals surface area (Å²) in [7, 11) is 3.98. The number of hydrogen-bond donors (Lipinski definition) is 0. The molecule has 0 radical (unpaired) electrons. The lowest BCUT2D eigenvalue weighted by Crippen LogP contribution is -2.44. The highest BCUT2D eigenvalue weighted by molar-refractivity contribution is 6.07. The Kier molecular flexibility index (Phi) is 3.65. The topological polar surface area (TPSA) is 39.4 Å². The first-order valence-corrected chi connectivity index (χ1v) is 8.21. The zero-order valence-corrected chi connectivity index (χ0v) is 14.0. The molecule has 0 saturated carbocycles. The second kappa shape index (κ2) is 5.83. The van der Waals surface area contributed by atoms with Gasteiger partial charge in [-0.1, -0.05) is 18.2 Å². The highest BCUT2D eigenvalue weighted by Crippen LogP contribution is 2.29. The Balaban J connectivity index is 1.75. The van der Waals surface area contributed by atoms with E-state index in [0.29, 0.717) is 19.8 Å². The van der Waals surface area contributed by atoms with Crippen molar-refractivity contribution in [2.24, 2.45) is 14.1 Å². The number of hydrogen-bond acceptors (Lipinski definition) is 2. The van der Waals surface area contributed by atoms with E-state index in [4.69, 9.17) is 4.74 Å². The number of rotatable bonds is 2. The number of morpholine rings is 1. The number of fused-ring (bicyclic) bond motifs is 1. The fourth-order valence-corrected chi connectivity index (χ4v) is 3.58. The number of nitrogens with zero attached hydrogens (tertiary/aromatic N) is 3.